The molecule has 0 bridgehead atoms. The smallest absolute Gasteiger partial charge is 0.305 e. The van der Waals surface area contributed by atoms with Crippen LogP contribution in [0.5, 0.6) is 23.0 Å². The topological polar surface area (TPSA) is 136 Å². The predicted octanol–water partition coefficient (Wildman–Crippen LogP) is 2.20. The van der Waals surface area contributed by atoms with Gasteiger partial charge in [0, 0.05) is 12.5 Å². The van der Waals surface area contributed by atoms with Crippen LogP contribution in [-0.2, 0) is 20.7 Å². The maximum atomic E-state index is 12.3. The quantitative estimate of drug-likeness (QED) is 0.260. The monoisotopic (exact) mass is 401 g/mol. The standard InChI is InChI=1S/C21H23NO7/c1-2-21(28)29-12-15(9-14-4-7-17(24)19(26)11-14)22-20(27)8-5-13-3-6-16(23)18(25)10-13/h3-8,10-11,15,23-26H,2,9,12H2,1H3,(H,22,27)/t15-/m1/s1. The second kappa shape index (κ2) is 10.0. The van der Waals surface area contributed by atoms with Gasteiger partial charge in [-0.2, -0.15) is 0 Å². The van der Waals surface area contributed by atoms with Crippen LogP contribution >= 0.6 is 0 Å². The van der Waals surface area contributed by atoms with Gasteiger partial charge < -0.3 is 30.5 Å². The number of hydrogen-bond acceptors (Lipinski definition) is 7. The molecule has 2 rings (SSSR count). The van der Waals surface area contributed by atoms with Crippen molar-refractivity contribution in [2.24, 2.45) is 0 Å². The van der Waals surface area contributed by atoms with Crippen molar-refractivity contribution in [1.29, 1.82) is 0 Å². The minimum absolute atomic E-state index is 0.0616. The summed E-state index contributed by atoms with van der Waals surface area (Å²) in [4.78, 5) is 23.7. The van der Waals surface area contributed by atoms with Gasteiger partial charge in [0.2, 0.25) is 5.91 Å². The van der Waals surface area contributed by atoms with Crippen LogP contribution < -0.4 is 5.32 Å². The summed E-state index contributed by atoms with van der Waals surface area (Å²) in [5, 5.41) is 40.6. The molecule has 5 N–H and O–H groups in total. The van der Waals surface area contributed by atoms with Crippen LogP contribution in [0.15, 0.2) is 42.5 Å². The molecule has 154 valence electrons. The van der Waals surface area contributed by atoms with Gasteiger partial charge in [-0.05, 0) is 47.9 Å². The zero-order valence-electron chi connectivity index (χ0n) is 15.8. The number of nitrogens with one attached hydrogen (secondary N) is 1. The molecule has 0 saturated carbocycles. The van der Waals surface area contributed by atoms with Crippen LogP contribution in [0.25, 0.3) is 6.08 Å². The van der Waals surface area contributed by atoms with Crippen molar-refractivity contribution >= 4 is 18.0 Å². The van der Waals surface area contributed by atoms with Crippen LogP contribution in [-0.4, -0.2) is 45.0 Å². The van der Waals surface area contributed by atoms with Gasteiger partial charge in [0.1, 0.15) is 6.61 Å². The number of amides is 1. The average molecular weight is 401 g/mol. The molecule has 2 aromatic carbocycles. The fraction of sp³-hybridized carbons (Fsp3) is 0.238. The SMILES string of the molecule is CCC(=O)OC[C@@H](Cc1ccc(O)c(O)c1)NC(=O)C=Cc1ccc(O)c(O)c1. The van der Waals surface area contributed by atoms with Gasteiger partial charge in [-0.15, -0.1) is 0 Å². The van der Waals surface area contributed by atoms with Gasteiger partial charge in [0.15, 0.2) is 23.0 Å². The summed E-state index contributed by atoms with van der Waals surface area (Å²) in [6.45, 7) is 1.59. The predicted molar refractivity (Wildman–Crippen MR) is 105 cm³/mol. The molecule has 0 aliphatic carbocycles. The second-order valence-electron chi connectivity index (χ2n) is 6.35. The average Bonchev–Trinajstić information content (AvgIpc) is 2.69. The molecule has 0 aliphatic heterocycles. The third-order valence-electron chi connectivity index (χ3n) is 4.03. The van der Waals surface area contributed by atoms with E-state index in [1.807, 2.05) is 0 Å². The molecule has 8 nitrogen and oxygen atoms in total. The molecule has 0 saturated heterocycles. The highest BCUT2D eigenvalue weighted by molar-refractivity contribution is 5.92. The normalized spacial score (nSPS) is 11.9. The molecule has 8 heteroatoms. The Kier molecular flexibility index (Phi) is 7.47. The van der Waals surface area contributed by atoms with Crippen molar-refractivity contribution in [3.8, 4) is 23.0 Å². The molecule has 1 atom stereocenters. The van der Waals surface area contributed by atoms with Crippen LogP contribution in [0, 0.1) is 0 Å². The highest BCUT2D eigenvalue weighted by Gasteiger charge is 2.15. The number of aromatic hydroxyl groups is 4. The highest BCUT2D eigenvalue weighted by Crippen LogP contribution is 2.26. The van der Waals surface area contributed by atoms with E-state index in [2.05, 4.69) is 5.32 Å². The van der Waals surface area contributed by atoms with Crippen molar-refractivity contribution < 1.29 is 34.8 Å². The fourth-order valence-electron chi connectivity index (χ4n) is 2.49. The third-order valence-corrected chi connectivity index (χ3v) is 4.03. The van der Waals surface area contributed by atoms with E-state index in [-0.39, 0.29) is 42.4 Å². The zero-order chi connectivity index (χ0) is 21.4. The first kappa shape index (κ1) is 21.6. The Morgan fingerprint density at radius 2 is 1.66 bits per heavy atom. The van der Waals surface area contributed by atoms with E-state index in [0.717, 1.165) is 0 Å². The summed E-state index contributed by atoms with van der Waals surface area (Å²) < 4.78 is 5.12. The molecular weight excluding hydrogens is 378 g/mol. The van der Waals surface area contributed by atoms with Crippen molar-refractivity contribution in [3.05, 3.63) is 53.6 Å². The van der Waals surface area contributed by atoms with Crippen LogP contribution in [0.4, 0.5) is 0 Å². The van der Waals surface area contributed by atoms with E-state index in [4.69, 9.17) is 4.74 Å². The van der Waals surface area contributed by atoms with Gasteiger partial charge in [-0.1, -0.05) is 19.1 Å². The Morgan fingerprint density at radius 3 is 2.28 bits per heavy atom. The fourth-order valence-corrected chi connectivity index (χ4v) is 2.49. The lowest BCUT2D eigenvalue weighted by Crippen LogP contribution is -2.39. The maximum Gasteiger partial charge on any atom is 0.305 e. The van der Waals surface area contributed by atoms with Gasteiger partial charge in [-0.3, -0.25) is 9.59 Å². The summed E-state index contributed by atoms with van der Waals surface area (Å²) in [7, 11) is 0. The molecule has 0 aliphatic rings. The molecule has 0 radical (unpaired) electrons. The van der Waals surface area contributed by atoms with Crippen molar-refractivity contribution in [3.63, 3.8) is 0 Å². The molecule has 0 aromatic heterocycles. The Balaban J connectivity index is 2.07. The summed E-state index contributed by atoms with van der Waals surface area (Å²) >= 11 is 0. The number of rotatable bonds is 8. The molecular formula is C21H23NO7. The molecule has 0 heterocycles. The number of phenols is 4. The Morgan fingerprint density at radius 1 is 1.00 bits per heavy atom. The lowest BCUT2D eigenvalue weighted by atomic mass is 10.1. The van der Waals surface area contributed by atoms with E-state index in [0.29, 0.717) is 11.1 Å². The first-order valence-corrected chi connectivity index (χ1v) is 8.95. The van der Waals surface area contributed by atoms with Gasteiger partial charge >= 0.3 is 5.97 Å². The lowest BCUT2D eigenvalue weighted by molar-refractivity contribution is -0.144. The Labute approximate surface area is 167 Å². The first-order chi connectivity index (χ1) is 13.8. The zero-order valence-corrected chi connectivity index (χ0v) is 15.8. The number of ether oxygens (including phenoxy) is 1. The number of hydrogen-bond donors (Lipinski definition) is 5. The molecule has 0 spiro atoms. The van der Waals surface area contributed by atoms with Gasteiger partial charge in [0.05, 0.1) is 6.04 Å². The molecule has 2 aromatic rings. The van der Waals surface area contributed by atoms with E-state index in [9.17, 15) is 30.0 Å². The van der Waals surface area contributed by atoms with Crippen LogP contribution in [0.1, 0.15) is 24.5 Å². The summed E-state index contributed by atoms with van der Waals surface area (Å²) in [6.07, 6.45) is 3.15. The second-order valence-corrected chi connectivity index (χ2v) is 6.35. The van der Waals surface area contributed by atoms with Crippen LogP contribution in [0.2, 0.25) is 0 Å². The number of carbonyl (C=O) groups is 2. The van der Waals surface area contributed by atoms with Gasteiger partial charge in [-0.25, -0.2) is 0 Å². The van der Waals surface area contributed by atoms with Crippen molar-refractivity contribution in [2.75, 3.05) is 6.61 Å². The lowest BCUT2D eigenvalue weighted by Gasteiger charge is -2.18. The Hall–Kier alpha value is -3.68. The minimum Gasteiger partial charge on any atom is -0.504 e. The van der Waals surface area contributed by atoms with Gasteiger partial charge in [0.25, 0.3) is 0 Å². The molecule has 0 unspecified atom stereocenters. The minimum atomic E-state index is -0.570. The largest absolute Gasteiger partial charge is 0.504 e. The van der Waals surface area contributed by atoms with E-state index >= 15 is 0 Å². The Bertz CT molecular complexity index is 908. The number of benzene rings is 2. The van der Waals surface area contributed by atoms with Crippen molar-refractivity contribution in [2.45, 2.75) is 25.8 Å². The van der Waals surface area contributed by atoms with E-state index < -0.39 is 17.9 Å². The number of carbonyl (C=O) groups excluding carboxylic acids is 2. The number of esters is 1. The first-order valence-electron chi connectivity index (χ1n) is 8.95. The van der Waals surface area contributed by atoms with Crippen molar-refractivity contribution in [1.82, 2.24) is 5.32 Å². The summed E-state index contributed by atoms with van der Waals surface area (Å²) in [5.41, 5.74) is 1.14. The highest BCUT2D eigenvalue weighted by atomic mass is 16.5. The molecule has 29 heavy (non-hydrogen) atoms. The van der Waals surface area contributed by atoms with E-state index in [1.165, 1.54) is 42.5 Å². The molecule has 1 amide bonds. The van der Waals surface area contributed by atoms with E-state index in [1.54, 1.807) is 13.0 Å². The summed E-state index contributed by atoms with van der Waals surface area (Å²) in [5.74, 6) is -1.98. The molecule has 0 fully saturated rings. The third kappa shape index (κ3) is 6.76. The maximum absolute atomic E-state index is 12.3. The summed E-state index contributed by atoms with van der Waals surface area (Å²) in [6, 6.07) is 7.85. The number of phenolic OH excluding ortho intramolecular Hbond substituents is 4. The van der Waals surface area contributed by atoms with Crippen LogP contribution in [0.3, 0.4) is 0 Å².